The van der Waals surface area contributed by atoms with Gasteiger partial charge in [0.25, 0.3) is 0 Å². The van der Waals surface area contributed by atoms with Crippen LogP contribution in [0.4, 0.5) is 5.82 Å². The number of amides is 3. The predicted octanol–water partition coefficient (Wildman–Crippen LogP) is 2.45. The molecular weight excluding hydrogens is 394 g/mol. The number of nitrogens with one attached hydrogen (secondary N) is 1. The molecule has 160 valence electrons. The molecule has 0 atom stereocenters. The maximum atomic E-state index is 12.5. The lowest BCUT2D eigenvalue weighted by Gasteiger charge is -2.15. The first-order valence-corrected chi connectivity index (χ1v) is 9.84. The molecular formula is C23H25N5O3. The average molecular weight is 419 g/mol. The van der Waals surface area contributed by atoms with Crippen LogP contribution in [0.3, 0.4) is 0 Å². The van der Waals surface area contributed by atoms with Crippen LogP contribution in [0.2, 0.25) is 0 Å². The smallest absolute Gasteiger partial charge is 0.246 e. The minimum Gasteiger partial charge on any atom is -0.370 e. The van der Waals surface area contributed by atoms with Crippen LogP contribution in [0, 0.1) is 0 Å². The van der Waals surface area contributed by atoms with Crippen molar-refractivity contribution < 1.29 is 14.4 Å². The molecule has 1 aromatic carbocycles. The van der Waals surface area contributed by atoms with Crippen molar-refractivity contribution in [2.45, 2.75) is 19.4 Å². The van der Waals surface area contributed by atoms with Crippen molar-refractivity contribution in [2.24, 2.45) is 12.8 Å². The van der Waals surface area contributed by atoms with E-state index in [-0.39, 0.29) is 24.7 Å². The van der Waals surface area contributed by atoms with Crippen LogP contribution < -0.4 is 11.1 Å². The highest BCUT2D eigenvalue weighted by molar-refractivity contribution is 5.93. The van der Waals surface area contributed by atoms with Crippen LogP contribution in [-0.2, 0) is 28.0 Å². The van der Waals surface area contributed by atoms with Crippen molar-refractivity contribution in [3.8, 4) is 0 Å². The van der Waals surface area contributed by atoms with Gasteiger partial charge in [0.05, 0.1) is 6.54 Å². The van der Waals surface area contributed by atoms with E-state index < -0.39 is 5.91 Å². The number of nitrogens with two attached hydrogens (primary N) is 1. The third kappa shape index (κ3) is 5.79. The lowest BCUT2D eigenvalue weighted by Crippen LogP contribution is -2.25. The maximum Gasteiger partial charge on any atom is 0.246 e. The van der Waals surface area contributed by atoms with Gasteiger partial charge in [-0.3, -0.25) is 14.4 Å². The second-order valence-electron chi connectivity index (χ2n) is 7.27. The zero-order valence-corrected chi connectivity index (χ0v) is 17.5. The Morgan fingerprint density at radius 1 is 1.16 bits per heavy atom. The summed E-state index contributed by atoms with van der Waals surface area (Å²) >= 11 is 0. The minimum absolute atomic E-state index is 0.0101. The van der Waals surface area contributed by atoms with Gasteiger partial charge in [-0.25, -0.2) is 4.98 Å². The maximum absolute atomic E-state index is 12.5. The van der Waals surface area contributed by atoms with Gasteiger partial charge in [-0.2, -0.15) is 0 Å². The summed E-state index contributed by atoms with van der Waals surface area (Å²) in [5, 5.41) is 3.73. The van der Waals surface area contributed by atoms with E-state index >= 15 is 0 Å². The number of para-hydroxylation sites is 1. The highest BCUT2D eigenvalue weighted by Crippen LogP contribution is 2.19. The van der Waals surface area contributed by atoms with E-state index in [4.69, 9.17) is 5.73 Å². The Morgan fingerprint density at radius 3 is 2.61 bits per heavy atom. The molecule has 0 unspecified atom stereocenters. The van der Waals surface area contributed by atoms with Gasteiger partial charge in [0.15, 0.2) is 0 Å². The van der Waals surface area contributed by atoms with Crippen LogP contribution in [0.15, 0.2) is 54.7 Å². The van der Waals surface area contributed by atoms with Gasteiger partial charge in [0, 0.05) is 50.4 Å². The van der Waals surface area contributed by atoms with Gasteiger partial charge in [-0.05, 0) is 41.3 Å². The van der Waals surface area contributed by atoms with E-state index in [9.17, 15) is 14.4 Å². The molecule has 8 heteroatoms. The van der Waals surface area contributed by atoms with E-state index in [1.807, 2.05) is 19.2 Å². The number of anilines is 1. The number of aryl methyl sites for hydroxylation is 1. The zero-order valence-electron chi connectivity index (χ0n) is 17.5. The molecule has 0 aliphatic carbocycles. The summed E-state index contributed by atoms with van der Waals surface area (Å²) < 4.78 is 2.09. The second kappa shape index (κ2) is 9.71. The molecule has 0 saturated carbocycles. The lowest BCUT2D eigenvalue weighted by molar-refractivity contribution is -0.125. The number of hydrogen-bond donors (Lipinski definition) is 2. The molecule has 31 heavy (non-hydrogen) atoms. The summed E-state index contributed by atoms with van der Waals surface area (Å²) in [6, 6.07) is 13.6. The fraction of sp³-hybridized carbons (Fsp3) is 0.217. The van der Waals surface area contributed by atoms with E-state index in [1.165, 1.54) is 6.08 Å². The van der Waals surface area contributed by atoms with Crippen LogP contribution >= 0.6 is 0 Å². The Bertz CT molecular complexity index is 1130. The Morgan fingerprint density at radius 2 is 1.94 bits per heavy atom. The molecule has 3 rings (SSSR count). The average Bonchev–Trinajstić information content (AvgIpc) is 3.07. The molecule has 0 radical (unpaired) electrons. The van der Waals surface area contributed by atoms with Gasteiger partial charge >= 0.3 is 0 Å². The highest BCUT2D eigenvalue weighted by atomic mass is 16.2. The number of benzene rings is 1. The van der Waals surface area contributed by atoms with E-state index in [2.05, 4.69) is 33.1 Å². The molecule has 8 nitrogen and oxygen atoms in total. The minimum atomic E-state index is -0.529. The summed E-state index contributed by atoms with van der Waals surface area (Å²) in [6.07, 6.45) is 4.71. The largest absolute Gasteiger partial charge is 0.370 e. The molecule has 0 fully saturated rings. The number of pyridine rings is 1. The lowest BCUT2D eigenvalue weighted by atomic mass is 10.2. The van der Waals surface area contributed by atoms with Gasteiger partial charge in [0.1, 0.15) is 5.82 Å². The number of rotatable bonds is 8. The SMILES string of the molecule is CN(Cc1cc2ccccc2n1C)C(=O)/C=C/c1ccc(NC(=O)CCC(N)=O)nc1. The number of fused-ring (bicyclic) bond motifs is 1. The number of likely N-dealkylation sites (N-methyl/N-ethyl adjacent to an activating group) is 1. The molecule has 3 N–H and O–H groups in total. The third-order valence-corrected chi connectivity index (χ3v) is 4.90. The Hall–Kier alpha value is -3.94. The summed E-state index contributed by atoms with van der Waals surface area (Å²) in [6.45, 7) is 0.489. The Labute approximate surface area is 180 Å². The molecule has 3 amide bonds. The van der Waals surface area contributed by atoms with Gasteiger partial charge < -0.3 is 20.5 Å². The standard InChI is InChI=1S/C23H25N5O3/c1-27(15-18-13-17-5-3-4-6-19(17)28(18)2)23(31)12-8-16-7-10-21(25-14-16)26-22(30)11-9-20(24)29/h3-8,10,12-14H,9,11,15H2,1-2H3,(H2,24,29)(H,25,26,30)/b12-8+. The van der Waals surface area contributed by atoms with Crippen molar-refractivity contribution in [3.05, 3.63) is 66.0 Å². The van der Waals surface area contributed by atoms with Gasteiger partial charge in [-0.15, -0.1) is 0 Å². The Kier molecular flexibility index (Phi) is 6.81. The molecule has 0 spiro atoms. The molecule has 0 saturated heterocycles. The van der Waals surface area contributed by atoms with Crippen molar-refractivity contribution in [2.75, 3.05) is 12.4 Å². The van der Waals surface area contributed by atoms with Crippen molar-refractivity contribution in [3.63, 3.8) is 0 Å². The molecule has 0 aliphatic rings. The number of carbonyl (C=O) groups is 3. The number of carbonyl (C=O) groups excluding carboxylic acids is 3. The summed E-state index contributed by atoms with van der Waals surface area (Å²) in [4.78, 5) is 40.7. The highest BCUT2D eigenvalue weighted by Gasteiger charge is 2.11. The molecule has 2 aromatic heterocycles. The number of nitrogens with zero attached hydrogens (tertiary/aromatic N) is 3. The second-order valence-corrected chi connectivity index (χ2v) is 7.27. The first kappa shape index (κ1) is 21.8. The predicted molar refractivity (Wildman–Crippen MR) is 120 cm³/mol. The number of aromatic nitrogens is 2. The first-order valence-electron chi connectivity index (χ1n) is 9.84. The van der Waals surface area contributed by atoms with Gasteiger partial charge in [0.2, 0.25) is 17.7 Å². The van der Waals surface area contributed by atoms with Crippen LogP contribution in [0.25, 0.3) is 17.0 Å². The van der Waals surface area contributed by atoms with Crippen LogP contribution in [0.5, 0.6) is 0 Å². The fourth-order valence-corrected chi connectivity index (χ4v) is 3.13. The van der Waals surface area contributed by atoms with E-state index in [1.54, 1.807) is 36.4 Å². The molecule has 2 heterocycles. The van der Waals surface area contributed by atoms with Crippen molar-refractivity contribution in [1.82, 2.24) is 14.5 Å². The zero-order chi connectivity index (χ0) is 22.4. The van der Waals surface area contributed by atoms with E-state index in [0.717, 1.165) is 22.2 Å². The van der Waals surface area contributed by atoms with Crippen LogP contribution in [0.1, 0.15) is 24.1 Å². The molecule has 3 aromatic rings. The summed E-state index contributed by atoms with van der Waals surface area (Å²) in [5.41, 5.74) is 7.92. The van der Waals surface area contributed by atoms with E-state index in [0.29, 0.717) is 12.4 Å². The topological polar surface area (TPSA) is 110 Å². The summed E-state index contributed by atoms with van der Waals surface area (Å²) in [7, 11) is 3.75. The number of primary amides is 1. The van der Waals surface area contributed by atoms with Crippen molar-refractivity contribution in [1.29, 1.82) is 0 Å². The fourth-order valence-electron chi connectivity index (χ4n) is 3.13. The quantitative estimate of drug-likeness (QED) is 0.546. The monoisotopic (exact) mass is 419 g/mol. The van der Waals surface area contributed by atoms with Crippen molar-refractivity contribution >= 4 is 40.5 Å². The van der Waals surface area contributed by atoms with Gasteiger partial charge in [-0.1, -0.05) is 18.2 Å². The summed E-state index contributed by atoms with van der Waals surface area (Å²) in [5.74, 6) is -0.627. The van der Waals surface area contributed by atoms with Crippen LogP contribution in [-0.4, -0.2) is 39.2 Å². The molecule has 0 bridgehead atoms. The Balaban J connectivity index is 1.56. The first-order chi connectivity index (χ1) is 14.8. The third-order valence-electron chi connectivity index (χ3n) is 4.90. The normalized spacial score (nSPS) is 11.0. The molecule has 0 aliphatic heterocycles. The number of hydrogen-bond acceptors (Lipinski definition) is 4.